The summed E-state index contributed by atoms with van der Waals surface area (Å²) < 4.78 is 15.5. The molecule has 0 bridgehead atoms. The number of rotatable bonds is 9. The number of Topliss-reactive ketones (excluding diaryl/α,β-unsaturated/α-hetero) is 1. The Bertz CT molecular complexity index is 777. The van der Waals surface area contributed by atoms with Crippen LogP contribution in [0, 0.1) is 0 Å². The van der Waals surface area contributed by atoms with E-state index in [0.29, 0.717) is 0 Å². The fourth-order valence-electron chi connectivity index (χ4n) is 2.74. The van der Waals surface area contributed by atoms with Gasteiger partial charge in [0.2, 0.25) is 11.8 Å². The average Bonchev–Trinajstić information content (AvgIpc) is 2.93. The molecule has 1 N–H and O–H groups in total. The normalized spacial score (nSPS) is 16.2. The molecule has 186 valence electrons. The molecule has 0 unspecified atom stereocenters. The SMILES string of the molecule is C[C@H](OC(=O)CC[C@H](NC(=O)OC(C)(C)C)C(=O)OC(C)(C)C)C(=O)CN1C(=O)CCC1=O. The first kappa shape index (κ1) is 28.1. The third-order valence-electron chi connectivity index (χ3n) is 4.25. The number of carbonyl (C=O) groups excluding carboxylic acids is 6. The maximum absolute atomic E-state index is 12.5. The summed E-state index contributed by atoms with van der Waals surface area (Å²) in [6, 6.07) is -1.18. The molecule has 1 aliphatic heterocycles. The van der Waals surface area contributed by atoms with Crippen molar-refractivity contribution in [3.8, 4) is 0 Å². The summed E-state index contributed by atoms with van der Waals surface area (Å²) in [5.74, 6) is -3.05. The molecule has 1 rings (SSSR count). The van der Waals surface area contributed by atoms with E-state index in [0.717, 1.165) is 4.90 Å². The maximum atomic E-state index is 12.5. The first-order valence-corrected chi connectivity index (χ1v) is 10.8. The fraction of sp³-hybridized carbons (Fsp3) is 0.727. The summed E-state index contributed by atoms with van der Waals surface area (Å²) in [6.07, 6.45) is -2.41. The van der Waals surface area contributed by atoms with Crippen molar-refractivity contribution in [2.24, 2.45) is 0 Å². The van der Waals surface area contributed by atoms with E-state index in [1.807, 2.05) is 0 Å². The first-order chi connectivity index (χ1) is 15.0. The molecule has 11 heteroatoms. The van der Waals surface area contributed by atoms with Gasteiger partial charge in [-0.3, -0.25) is 24.1 Å². The van der Waals surface area contributed by atoms with Crippen molar-refractivity contribution in [1.29, 1.82) is 0 Å². The Morgan fingerprint density at radius 2 is 1.45 bits per heavy atom. The molecule has 0 saturated carbocycles. The number of hydrogen-bond acceptors (Lipinski definition) is 9. The van der Waals surface area contributed by atoms with Gasteiger partial charge in [0.05, 0.1) is 6.54 Å². The van der Waals surface area contributed by atoms with Crippen LogP contribution >= 0.6 is 0 Å². The van der Waals surface area contributed by atoms with Crippen molar-refractivity contribution < 1.29 is 43.0 Å². The van der Waals surface area contributed by atoms with E-state index in [2.05, 4.69) is 5.32 Å². The molecule has 1 saturated heterocycles. The van der Waals surface area contributed by atoms with Gasteiger partial charge in [0.25, 0.3) is 0 Å². The molecule has 1 heterocycles. The van der Waals surface area contributed by atoms with Crippen molar-refractivity contribution in [2.75, 3.05) is 6.54 Å². The van der Waals surface area contributed by atoms with Gasteiger partial charge in [-0.15, -0.1) is 0 Å². The Morgan fingerprint density at radius 1 is 0.939 bits per heavy atom. The highest BCUT2D eigenvalue weighted by atomic mass is 16.6. The molecule has 0 spiro atoms. The van der Waals surface area contributed by atoms with Crippen molar-refractivity contribution in [3.63, 3.8) is 0 Å². The highest BCUT2D eigenvalue weighted by Crippen LogP contribution is 2.14. The Balaban J connectivity index is 2.68. The van der Waals surface area contributed by atoms with Crippen LogP contribution in [0.4, 0.5) is 4.79 Å². The molecule has 0 aromatic rings. The van der Waals surface area contributed by atoms with Crippen LogP contribution in [0.5, 0.6) is 0 Å². The van der Waals surface area contributed by atoms with Gasteiger partial charge in [-0.2, -0.15) is 0 Å². The van der Waals surface area contributed by atoms with Crippen LogP contribution in [0.25, 0.3) is 0 Å². The second-order valence-corrected chi connectivity index (χ2v) is 9.74. The second kappa shape index (κ2) is 11.2. The highest BCUT2D eigenvalue weighted by Gasteiger charge is 2.33. The quantitative estimate of drug-likeness (QED) is 0.302. The van der Waals surface area contributed by atoms with Crippen LogP contribution in [0.3, 0.4) is 0 Å². The van der Waals surface area contributed by atoms with Gasteiger partial charge in [0.1, 0.15) is 17.2 Å². The molecule has 0 aliphatic carbocycles. The summed E-state index contributed by atoms with van der Waals surface area (Å²) >= 11 is 0. The zero-order valence-corrected chi connectivity index (χ0v) is 20.3. The molecule has 1 aliphatic rings. The minimum absolute atomic E-state index is 0.0526. The van der Waals surface area contributed by atoms with E-state index >= 15 is 0 Å². The number of alkyl carbamates (subject to hydrolysis) is 1. The Labute approximate surface area is 193 Å². The molecular weight excluding hydrogens is 436 g/mol. The molecule has 0 aromatic heterocycles. The lowest BCUT2D eigenvalue weighted by molar-refractivity contribution is -0.159. The van der Waals surface area contributed by atoms with Crippen molar-refractivity contribution in [1.82, 2.24) is 10.2 Å². The number of ether oxygens (including phenoxy) is 3. The van der Waals surface area contributed by atoms with Crippen LogP contribution in [0.1, 0.15) is 74.1 Å². The van der Waals surface area contributed by atoms with E-state index in [-0.39, 0.29) is 25.7 Å². The van der Waals surface area contributed by atoms with E-state index in [1.165, 1.54) is 6.92 Å². The molecule has 1 fully saturated rings. The van der Waals surface area contributed by atoms with Gasteiger partial charge in [0, 0.05) is 19.3 Å². The minimum Gasteiger partial charge on any atom is -0.458 e. The van der Waals surface area contributed by atoms with Gasteiger partial charge < -0.3 is 19.5 Å². The van der Waals surface area contributed by atoms with Gasteiger partial charge in [-0.05, 0) is 54.9 Å². The predicted octanol–water partition coefficient (Wildman–Crippen LogP) is 1.65. The summed E-state index contributed by atoms with van der Waals surface area (Å²) in [7, 11) is 0. The Morgan fingerprint density at radius 3 is 1.94 bits per heavy atom. The standard InChI is InChI=1S/C22H34N2O9/c1-13(15(25)12-24-16(26)9-10-17(24)27)31-18(28)11-8-14(19(29)32-21(2,3)4)23-20(30)33-22(5,6)7/h13-14H,8-12H2,1-7H3,(H,23,30)/t13-,14-/m0/s1. The number of amides is 3. The minimum atomic E-state index is -1.20. The summed E-state index contributed by atoms with van der Waals surface area (Å²) in [4.78, 5) is 73.2. The molecule has 33 heavy (non-hydrogen) atoms. The third kappa shape index (κ3) is 10.5. The number of hydrogen-bond donors (Lipinski definition) is 1. The molecule has 0 aromatic carbocycles. The summed E-state index contributed by atoms with van der Waals surface area (Å²) in [5.41, 5.74) is -1.62. The molecule has 3 amide bonds. The molecular formula is C22H34N2O9. The highest BCUT2D eigenvalue weighted by molar-refractivity contribution is 6.05. The fourth-order valence-corrected chi connectivity index (χ4v) is 2.74. The lowest BCUT2D eigenvalue weighted by Crippen LogP contribution is -2.46. The van der Waals surface area contributed by atoms with E-state index in [4.69, 9.17) is 14.2 Å². The van der Waals surface area contributed by atoms with E-state index in [9.17, 15) is 28.8 Å². The lowest BCUT2D eigenvalue weighted by Gasteiger charge is -2.26. The summed E-state index contributed by atoms with van der Waals surface area (Å²) in [6.45, 7) is 10.8. The monoisotopic (exact) mass is 470 g/mol. The van der Waals surface area contributed by atoms with Gasteiger partial charge in [0.15, 0.2) is 11.9 Å². The summed E-state index contributed by atoms with van der Waals surface area (Å²) in [5, 5.41) is 2.39. The lowest BCUT2D eigenvalue weighted by atomic mass is 10.1. The number of nitrogens with zero attached hydrogens (tertiary/aromatic N) is 1. The molecule has 0 radical (unpaired) electrons. The predicted molar refractivity (Wildman–Crippen MR) is 115 cm³/mol. The number of likely N-dealkylation sites (tertiary alicyclic amines) is 1. The van der Waals surface area contributed by atoms with Crippen molar-refractivity contribution >= 4 is 35.6 Å². The number of imide groups is 1. The number of carbonyl (C=O) groups is 6. The largest absolute Gasteiger partial charge is 0.458 e. The van der Waals surface area contributed by atoms with Gasteiger partial charge >= 0.3 is 18.0 Å². The van der Waals surface area contributed by atoms with Crippen LogP contribution in [0.15, 0.2) is 0 Å². The number of ketones is 1. The van der Waals surface area contributed by atoms with Crippen LogP contribution in [0.2, 0.25) is 0 Å². The Kier molecular flexibility index (Phi) is 9.56. The van der Waals surface area contributed by atoms with Gasteiger partial charge in [-0.1, -0.05) is 0 Å². The van der Waals surface area contributed by atoms with Crippen molar-refractivity contribution in [3.05, 3.63) is 0 Å². The smallest absolute Gasteiger partial charge is 0.408 e. The Hall–Kier alpha value is -2.98. The molecule has 11 nitrogen and oxygen atoms in total. The van der Waals surface area contributed by atoms with Crippen LogP contribution in [-0.4, -0.2) is 70.4 Å². The zero-order valence-electron chi connectivity index (χ0n) is 20.3. The first-order valence-electron chi connectivity index (χ1n) is 10.8. The number of esters is 2. The average molecular weight is 471 g/mol. The van der Waals surface area contributed by atoms with Crippen LogP contribution in [-0.2, 0) is 38.2 Å². The topological polar surface area (TPSA) is 145 Å². The van der Waals surface area contributed by atoms with Crippen molar-refractivity contribution in [2.45, 2.75) is 97.5 Å². The maximum Gasteiger partial charge on any atom is 0.408 e. The zero-order chi connectivity index (χ0) is 25.6. The number of nitrogens with one attached hydrogen (secondary N) is 1. The van der Waals surface area contributed by atoms with E-state index in [1.54, 1.807) is 41.5 Å². The third-order valence-corrected chi connectivity index (χ3v) is 4.25. The van der Waals surface area contributed by atoms with Gasteiger partial charge in [-0.25, -0.2) is 9.59 Å². The van der Waals surface area contributed by atoms with E-state index < -0.39 is 65.5 Å². The molecule has 2 atom stereocenters. The second-order valence-electron chi connectivity index (χ2n) is 9.74. The van der Waals surface area contributed by atoms with Crippen LogP contribution < -0.4 is 5.32 Å².